The molecule has 0 radical (unpaired) electrons. The molecule has 0 spiro atoms. The number of aromatic nitrogens is 4. The minimum Gasteiger partial charge on any atom is -0.323 e. The van der Waals surface area contributed by atoms with Gasteiger partial charge in [-0.3, -0.25) is 19.0 Å². The Kier molecular flexibility index (Phi) is 5.81. The third-order valence-electron chi connectivity index (χ3n) is 4.18. The number of aryl methyl sites for hydroxylation is 2. The standard InChI is InChI=1S/C15H21N7O2.ClH/c1-21-8-11(6-17-21)19-13(23)5-15(3-4-16-10-15)14(24)20-12-7-18-22(2)9-12;/h6-9,16H,3-5,10H2,1-2H3,(H,19,23)(H,20,24);1H. The van der Waals surface area contributed by atoms with Gasteiger partial charge in [-0.25, -0.2) is 0 Å². The van der Waals surface area contributed by atoms with Crippen molar-refractivity contribution in [2.24, 2.45) is 19.5 Å². The lowest BCUT2D eigenvalue weighted by molar-refractivity contribution is -0.129. The number of halogens is 1. The summed E-state index contributed by atoms with van der Waals surface area (Å²) in [4.78, 5) is 25.1. The monoisotopic (exact) mass is 367 g/mol. The summed E-state index contributed by atoms with van der Waals surface area (Å²) in [5.41, 5.74) is 0.486. The Hall–Kier alpha value is -2.39. The van der Waals surface area contributed by atoms with Gasteiger partial charge in [-0.05, 0) is 13.0 Å². The smallest absolute Gasteiger partial charge is 0.232 e. The van der Waals surface area contributed by atoms with Crippen LogP contribution in [0.15, 0.2) is 24.8 Å². The molecule has 2 aromatic rings. The largest absolute Gasteiger partial charge is 0.323 e. The van der Waals surface area contributed by atoms with Crippen molar-refractivity contribution in [1.82, 2.24) is 24.9 Å². The van der Waals surface area contributed by atoms with Crippen molar-refractivity contribution in [3.63, 3.8) is 0 Å². The zero-order valence-electron chi connectivity index (χ0n) is 14.2. The topological polar surface area (TPSA) is 106 Å². The second kappa shape index (κ2) is 7.66. The molecule has 1 atom stereocenters. The molecule has 10 heteroatoms. The van der Waals surface area contributed by atoms with Gasteiger partial charge in [0.1, 0.15) is 0 Å². The maximum absolute atomic E-state index is 12.8. The molecular formula is C15H22ClN7O2. The fourth-order valence-electron chi connectivity index (χ4n) is 2.92. The first kappa shape index (κ1) is 18.9. The Morgan fingerprint density at radius 2 is 1.76 bits per heavy atom. The van der Waals surface area contributed by atoms with E-state index in [-0.39, 0.29) is 30.6 Å². The molecule has 0 aromatic carbocycles. The Morgan fingerprint density at radius 3 is 2.24 bits per heavy atom. The Bertz CT molecular complexity index is 749. The van der Waals surface area contributed by atoms with Crippen LogP contribution in [0.1, 0.15) is 12.8 Å². The first-order valence-electron chi connectivity index (χ1n) is 7.76. The van der Waals surface area contributed by atoms with Gasteiger partial charge in [-0.15, -0.1) is 12.4 Å². The average Bonchev–Trinajstić information content (AvgIpc) is 3.23. The molecule has 136 valence electrons. The van der Waals surface area contributed by atoms with E-state index in [4.69, 9.17) is 0 Å². The maximum atomic E-state index is 12.8. The van der Waals surface area contributed by atoms with Gasteiger partial charge in [0.25, 0.3) is 0 Å². The summed E-state index contributed by atoms with van der Waals surface area (Å²) in [7, 11) is 3.56. The predicted octanol–water partition coefficient (Wildman–Crippen LogP) is 0.522. The second-order valence-corrected chi connectivity index (χ2v) is 6.19. The lowest BCUT2D eigenvalue weighted by Crippen LogP contribution is -2.41. The van der Waals surface area contributed by atoms with Crippen LogP contribution < -0.4 is 16.0 Å². The number of nitrogens with zero attached hydrogens (tertiary/aromatic N) is 4. The number of nitrogens with one attached hydrogen (secondary N) is 3. The molecule has 0 bridgehead atoms. The summed E-state index contributed by atoms with van der Waals surface area (Å²) >= 11 is 0. The Labute approximate surface area is 151 Å². The van der Waals surface area contributed by atoms with Crippen LogP contribution in [-0.4, -0.2) is 44.5 Å². The van der Waals surface area contributed by atoms with Crippen molar-refractivity contribution in [1.29, 1.82) is 0 Å². The van der Waals surface area contributed by atoms with E-state index >= 15 is 0 Å². The zero-order chi connectivity index (χ0) is 17.2. The highest BCUT2D eigenvalue weighted by atomic mass is 35.5. The molecule has 1 unspecified atom stereocenters. The molecule has 9 nitrogen and oxygen atoms in total. The SMILES string of the molecule is Cl.Cn1cc(NC(=O)CC2(C(=O)Nc3cnn(C)c3)CCNC2)cn1. The molecule has 0 aliphatic carbocycles. The summed E-state index contributed by atoms with van der Waals surface area (Å²) in [5.74, 6) is -0.366. The molecule has 1 aliphatic rings. The minimum absolute atomic E-state index is 0. The van der Waals surface area contributed by atoms with Crippen LogP contribution in [0.25, 0.3) is 0 Å². The first-order chi connectivity index (χ1) is 11.5. The molecule has 2 amide bonds. The number of anilines is 2. The van der Waals surface area contributed by atoms with Crippen molar-refractivity contribution < 1.29 is 9.59 Å². The van der Waals surface area contributed by atoms with Crippen LogP contribution in [0.2, 0.25) is 0 Å². The van der Waals surface area contributed by atoms with Crippen LogP contribution in [0.5, 0.6) is 0 Å². The molecule has 1 saturated heterocycles. The fraction of sp³-hybridized carbons (Fsp3) is 0.467. The van der Waals surface area contributed by atoms with E-state index in [1.54, 1.807) is 48.2 Å². The van der Waals surface area contributed by atoms with Gasteiger partial charge >= 0.3 is 0 Å². The van der Waals surface area contributed by atoms with Gasteiger partial charge in [-0.1, -0.05) is 0 Å². The Morgan fingerprint density at radius 1 is 1.16 bits per heavy atom. The third-order valence-corrected chi connectivity index (χ3v) is 4.18. The van der Waals surface area contributed by atoms with Crippen molar-refractivity contribution >= 4 is 35.6 Å². The average molecular weight is 368 g/mol. The van der Waals surface area contributed by atoms with Crippen molar-refractivity contribution in [2.75, 3.05) is 23.7 Å². The normalized spacial score (nSPS) is 19.3. The highest BCUT2D eigenvalue weighted by molar-refractivity contribution is 6.00. The van der Waals surface area contributed by atoms with Crippen LogP contribution in [-0.2, 0) is 23.7 Å². The molecule has 3 rings (SSSR count). The van der Waals surface area contributed by atoms with E-state index in [9.17, 15) is 9.59 Å². The van der Waals surface area contributed by atoms with Gasteiger partial charge in [0.05, 0.1) is 29.2 Å². The van der Waals surface area contributed by atoms with Crippen molar-refractivity contribution in [3.05, 3.63) is 24.8 Å². The zero-order valence-corrected chi connectivity index (χ0v) is 15.0. The van der Waals surface area contributed by atoms with Crippen LogP contribution in [0, 0.1) is 5.41 Å². The van der Waals surface area contributed by atoms with E-state index in [1.165, 1.54) is 0 Å². The van der Waals surface area contributed by atoms with Gasteiger partial charge in [-0.2, -0.15) is 10.2 Å². The fourth-order valence-corrected chi connectivity index (χ4v) is 2.92. The molecule has 1 aliphatic heterocycles. The molecule has 1 fully saturated rings. The summed E-state index contributed by atoms with van der Waals surface area (Å²) in [6, 6.07) is 0. The number of carbonyl (C=O) groups is 2. The van der Waals surface area contributed by atoms with Crippen LogP contribution in [0.3, 0.4) is 0 Å². The second-order valence-electron chi connectivity index (χ2n) is 6.19. The highest BCUT2D eigenvalue weighted by Gasteiger charge is 2.43. The van der Waals surface area contributed by atoms with Gasteiger partial charge in [0.15, 0.2) is 0 Å². The number of hydrogen-bond acceptors (Lipinski definition) is 5. The van der Waals surface area contributed by atoms with Crippen LogP contribution >= 0.6 is 12.4 Å². The van der Waals surface area contributed by atoms with E-state index in [1.807, 2.05) is 0 Å². The van der Waals surface area contributed by atoms with Crippen molar-refractivity contribution in [3.8, 4) is 0 Å². The lowest BCUT2D eigenvalue weighted by Gasteiger charge is -2.25. The predicted molar refractivity (Wildman–Crippen MR) is 95.5 cm³/mol. The van der Waals surface area contributed by atoms with Gasteiger partial charge in [0, 0.05) is 39.5 Å². The van der Waals surface area contributed by atoms with E-state index in [0.717, 1.165) is 0 Å². The summed E-state index contributed by atoms with van der Waals surface area (Å²) in [6.45, 7) is 1.18. The molecule has 0 saturated carbocycles. The summed E-state index contributed by atoms with van der Waals surface area (Å²) in [6.07, 6.45) is 7.33. The molecule has 25 heavy (non-hydrogen) atoms. The van der Waals surface area contributed by atoms with Gasteiger partial charge < -0.3 is 16.0 Å². The quantitative estimate of drug-likeness (QED) is 0.714. The van der Waals surface area contributed by atoms with Crippen LogP contribution in [0.4, 0.5) is 11.4 Å². The van der Waals surface area contributed by atoms with Gasteiger partial charge in [0.2, 0.25) is 11.8 Å². The maximum Gasteiger partial charge on any atom is 0.232 e. The van der Waals surface area contributed by atoms with E-state index < -0.39 is 5.41 Å². The number of amides is 2. The van der Waals surface area contributed by atoms with Crippen molar-refractivity contribution in [2.45, 2.75) is 12.8 Å². The summed E-state index contributed by atoms with van der Waals surface area (Å²) < 4.78 is 3.22. The lowest BCUT2D eigenvalue weighted by atomic mass is 9.82. The molecule has 3 N–H and O–H groups in total. The molecular weight excluding hydrogens is 346 g/mol. The minimum atomic E-state index is -0.762. The number of hydrogen-bond donors (Lipinski definition) is 3. The first-order valence-corrected chi connectivity index (χ1v) is 7.76. The highest BCUT2D eigenvalue weighted by Crippen LogP contribution is 2.32. The Balaban J connectivity index is 0.00000225. The molecule has 3 heterocycles. The number of rotatable bonds is 5. The number of carbonyl (C=O) groups excluding carboxylic acids is 2. The summed E-state index contributed by atoms with van der Waals surface area (Å²) in [5, 5.41) is 16.9. The van der Waals surface area contributed by atoms with E-state index in [2.05, 4.69) is 26.1 Å². The molecule has 2 aromatic heterocycles. The third kappa shape index (κ3) is 4.37. The van der Waals surface area contributed by atoms with E-state index in [0.29, 0.717) is 30.9 Å².